The van der Waals surface area contributed by atoms with Crippen LogP contribution in [0.25, 0.3) is 0 Å². The van der Waals surface area contributed by atoms with Gasteiger partial charge in [0.25, 0.3) is 5.91 Å². The highest BCUT2D eigenvalue weighted by Crippen LogP contribution is 2.09. The van der Waals surface area contributed by atoms with E-state index in [9.17, 15) is 9.59 Å². The molecule has 1 unspecified atom stereocenters. The minimum absolute atomic E-state index is 0.000688. The van der Waals surface area contributed by atoms with Crippen molar-refractivity contribution in [1.82, 2.24) is 10.6 Å². The van der Waals surface area contributed by atoms with Crippen molar-refractivity contribution in [3.8, 4) is 0 Å². The molecule has 0 radical (unpaired) electrons. The summed E-state index contributed by atoms with van der Waals surface area (Å²) in [5, 5.41) is 5.50. The quantitative estimate of drug-likeness (QED) is 0.720. The Labute approximate surface area is 119 Å². The Morgan fingerprint density at radius 2 is 1.90 bits per heavy atom. The molecule has 5 nitrogen and oxygen atoms in total. The minimum Gasteiger partial charge on any atom is -0.353 e. The van der Waals surface area contributed by atoms with E-state index in [0.29, 0.717) is 18.7 Å². The van der Waals surface area contributed by atoms with E-state index in [1.165, 1.54) is 0 Å². The van der Waals surface area contributed by atoms with Gasteiger partial charge in [-0.25, -0.2) is 0 Å². The molecule has 0 bridgehead atoms. The Morgan fingerprint density at radius 1 is 1.25 bits per heavy atom. The van der Waals surface area contributed by atoms with Crippen molar-refractivity contribution in [3.05, 3.63) is 35.4 Å². The summed E-state index contributed by atoms with van der Waals surface area (Å²) in [6, 6.07) is 6.74. The van der Waals surface area contributed by atoms with Crippen LogP contribution < -0.4 is 16.4 Å². The first kappa shape index (κ1) is 16.2. The summed E-state index contributed by atoms with van der Waals surface area (Å²) in [5.41, 5.74) is 6.84. The first-order valence-corrected chi connectivity index (χ1v) is 6.81. The number of aryl methyl sites for hydroxylation is 1. The molecular formula is C15H23N3O2. The lowest BCUT2D eigenvalue weighted by atomic mass is 10.0. The number of carbonyl (C=O) groups is 2. The maximum absolute atomic E-state index is 12.2. The maximum atomic E-state index is 12.2. The van der Waals surface area contributed by atoms with Gasteiger partial charge in [0, 0.05) is 18.7 Å². The number of nitrogens with one attached hydrogen (secondary N) is 2. The lowest BCUT2D eigenvalue weighted by Gasteiger charge is -2.22. The van der Waals surface area contributed by atoms with Gasteiger partial charge in [0.05, 0.1) is 0 Å². The standard InChI is InChI=1S/C15H23N3O2/c1-10(2)13(15(20)17-9-8-16)18-14(19)12-7-5-4-6-11(12)3/h4-7,10,13H,8-9,16H2,1-3H3,(H,17,20)(H,18,19). The largest absolute Gasteiger partial charge is 0.353 e. The molecule has 20 heavy (non-hydrogen) atoms. The number of hydrogen-bond donors (Lipinski definition) is 3. The summed E-state index contributed by atoms with van der Waals surface area (Å²) in [4.78, 5) is 24.3. The first-order valence-electron chi connectivity index (χ1n) is 6.81. The van der Waals surface area contributed by atoms with E-state index in [2.05, 4.69) is 10.6 Å². The van der Waals surface area contributed by atoms with Crippen LogP contribution in [0.3, 0.4) is 0 Å². The van der Waals surface area contributed by atoms with Gasteiger partial charge in [0.2, 0.25) is 5.91 Å². The molecular weight excluding hydrogens is 254 g/mol. The van der Waals surface area contributed by atoms with Crippen LogP contribution in [0.2, 0.25) is 0 Å². The fourth-order valence-corrected chi connectivity index (χ4v) is 1.89. The normalized spacial score (nSPS) is 12.1. The number of hydrogen-bond acceptors (Lipinski definition) is 3. The van der Waals surface area contributed by atoms with Crippen molar-refractivity contribution in [1.29, 1.82) is 0 Å². The van der Waals surface area contributed by atoms with Crippen LogP contribution in [-0.4, -0.2) is 30.9 Å². The summed E-state index contributed by atoms with van der Waals surface area (Å²) in [6.45, 7) is 6.44. The Kier molecular flexibility index (Phi) is 6.18. The molecule has 5 heteroatoms. The van der Waals surface area contributed by atoms with E-state index in [0.717, 1.165) is 5.56 Å². The van der Waals surface area contributed by atoms with E-state index >= 15 is 0 Å². The Morgan fingerprint density at radius 3 is 2.45 bits per heavy atom. The number of rotatable bonds is 6. The topological polar surface area (TPSA) is 84.2 Å². The molecule has 0 aliphatic carbocycles. The number of nitrogens with two attached hydrogens (primary N) is 1. The second kappa shape index (κ2) is 7.65. The number of carbonyl (C=O) groups excluding carboxylic acids is 2. The molecule has 4 N–H and O–H groups in total. The fraction of sp³-hybridized carbons (Fsp3) is 0.467. The van der Waals surface area contributed by atoms with E-state index in [1.54, 1.807) is 12.1 Å². The van der Waals surface area contributed by atoms with Crippen molar-refractivity contribution < 1.29 is 9.59 Å². The summed E-state index contributed by atoms with van der Waals surface area (Å²) in [6.07, 6.45) is 0. The highest BCUT2D eigenvalue weighted by molar-refractivity contribution is 5.98. The maximum Gasteiger partial charge on any atom is 0.252 e. The molecule has 2 amide bonds. The van der Waals surface area contributed by atoms with Crippen LogP contribution in [0.5, 0.6) is 0 Å². The average molecular weight is 277 g/mol. The van der Waals surface area contributed by atoms with E-state index < -0.39 is 6.04 Å². The van der Waals surface area contributed by atoms with E-state index in [-0.39, 0.29) is 17.7 Å². The van der Waals surface area contributed by atoms with Gasteiger partial charge in [-0.2, -0.15) is 0 Å². The zero-order valence-electron chi connectivity index (χ0n) is 12.3. The number of benzene rings is 1. The van der Waals surface area contributed by atoms with Crippen molar-refractivity contribution >= 4 is 11.8 Å². The second-order valence-electron chi connectivity index (χ2n) is 5.09. The van der Waals surface area contributed by atoms with E-state index in [4.69, 9.17) is 5.73 Å². The van der Waals surface area contributed by atoms with Gasteiger partial charge in [0.15, 0.2) is 0 Å². The Bertz CT molecular complexity index is 472. The second-order valence-corrected chi connectivity index (χ2v) is 5.09. The van der Waals surface area contributed by atoms with Gasteiger partial charge in [0.1, 0.15) is 6.04 Å². The first-order chi connectivity index (χ1) is 9.47. The lowest BCUT2D eigenvalue weighted by Crippen LogP contribution is -2.50. The molecule has 1 aromatic carbocycles. The highest BCUT2D eigenvalue weighted by Gasteiger charge is 2.24. The third kappa shape index (κ3) is 4.35. The molecule has 1 atom stereocenters. The molecule has 1 rings (SSSR count). The summed E-state index contributed by atoms with van der Waals surface area (Å²) in [5.74, 6) is -0.433. The van der Waals surface area contributed by atoms with Crippen LogP contribution in [0, 0.1) is 12.8 Å². The van der Waals surface area contributed by atoms with Gasteiger partial charge in [-0.3, -0.25) is 9.59 Å². The molecule has 0 saturated carbocycles. The van der Waals surface area contributed by atoms with Crippen LogP contribution >= 0.6 is 0 Å². The molecule has 110 valence electrons. The summed E-state index contributed by atoms with van der Waals surface area (Å²) in [7, 11) is 0. The van der Waals surface area contributed by atoms with Crippen LogP contribution in [0.4, 0.5) is 0 Å². The van der Waals surface area contributed by atoms with Gasteiger partial charge < -0.3 is 16.4 Å². The molecule has 0 aliphatic heterocycles. The van der Waals surface area contributed by atoms with Crippen LogP contribution in [0.1, 0.15) is 29.8 Å². The minimum atomic E-state index is -0.561. The van der Waals surface area contributed by atoms with Gasteiger partial charge in [-0.1, -0.05) is 32.0 Å². The molecule has 1 aromatic rings. The molecule has 0 saturated heterocycles. The lowest BCUT2D eigenvalue weighted by molar-refractivity contribution is -0.123. The van der Waals surface area contributed by atoms with Gasteiger partial charge in [-0.05, 0) is 24.5 Å². The fourth-order valence-electron chi connectivity index (χ4n) is 1.89. The summed E-state index contributed by atoms with van der Waals surface area (Å²) >= 11 is 0. The molecule has 0 aromatic heterocycles. The monoisotopic (exact) mass is 277 g/mol. The molecule has 0 aliphatic rings. The predicted octanol–water partition coefficient (Wildman–Crippen LogP) is 0.824. The van der Waals surface area contributed by atoms with E-state index in [1.807, 2.05) is 32.9 Å². The van der Waals surface area contributed by atoms with Crippen LogP contribution in [-0.2, 0) is 4.79 Å². The van der Waals surface area contributed by atoms with Crippen molar-refractivity contribution in [2.24, 2.45) is 11.7 Å². The van der Waals surface area contributed by atoms with Crippen molar-refractivity contribution in [3.63, 3.8) is 0 Å². The Hall–Kier alpha value is -1.88. The molecule has 0 fully saturated rings. The number of amides is 2. The molecule has 0 heterocycles. The third-order valence-corrected chi connectivity index (χ3v) is 3.07. The Balaban J connectivity index is 2.78. The van der Waals surface area contributed by atoms with Gasteiger partial charge >= 0.3 is 0 Å². The average Bonchev–Trinajstić information content (AvgIpc) is 2.42. The van der Waals surface area contributed by atoms with Crippen LogP contribution in [0.15, 0.2) is 24.3 Å². The van der Waals surface area contributed by atoms with Crippen molar-refractivity contribution in [2.75, 3.05) is 13.1 Å². The predicted molar refractivity (Wildman–Crippen MR) is 79.3 cm³/mol. The van der Waals surface area contributed by atoms with Gasteiger partial charge in [-0.15, -0.1) is 0 Å². The molecule has 0 spiro atoms. The smallest absolute Gasteiger partial charge is 0.252 e. The highest BCUT2D eigenvalue weighted by atomic mass is 16.2. The third-order valence-electron chi connectivity index (χ3n) is 3.07. The SMILES string of the molecule is Cc1ccccc1C(=O)NC(C(=O)NCCN)C(C)C. The zero-order valence-corrected chi connectivity index (χ0v) is 12.3. The summed E-state index contributed by atoms with van der Waals surface area (Å²) < 4.78 is 0. The van der Waals surface area contributed by atoms with Crippen molar-refractivity contribution in [2.45, 2.75) is 26.8 Å². The zero-order chi connectivity index (χ0) is 15.1.